The van der Waals surface area contributed by atoms with Crippen molar-refractivity contribution >= 4 is 12.0 Å². The zero-order chi connectivity index (χ0) is 13.4. The van der Waals surface area contributed by atoms with Gasteiger partial charge in [0, 0.05) is 13.0 Å². The number of carboxylic acids is 1. The van der Waals surface area contributed by atoms with Gasteiger partial charge >= 0.3 is 12.0 Å². The van der Waals surface area contributed by atoms with Crippen LogP contribution in [0.15, 0.2) is 6.33 Å². The third kappa shape index (κ3) is 4.81. The highest BCUT2D eigenvalue weighted by Gasteiger charge is 2.18. The third-order valence-corrected chi connectivity index (χ3v) is 2.29. The molecule has 1 aromatic heterocycles. The molecule has 0 unspecified atom stereocenters. The molecule has 0 spiro atoms. The van der Waals surface area contributed by atoms with Crippen LogP contribution in [0.4, 0.5) is 4.79 Å². The van der Waals surface area contributed by atoms with Crippen molar-refractivity contribution in [3.8, 4) is 0 Å². The van der Waals surface area contributed by atoms with E-state index in [4.69, 9.17) is 5.11 Å². The molecular formula is C10H17N5O3. The highest BCUT2D eigenvalue weighted by Crippen LogP contribution is 1.96. The van der Waals surface area contributed by atoms with E-state index >= 15 is 0 Å². The zero-order valence-corrected chi connectivity index (χ0v) is 10.1. The maximum absolute atomic E-state index is 11.4. The molecule has 100 valence electrons. The lowest BCUT2D eigenvalue weighted by Crippen LogP contribution is -2.46. The van der Waals surface area contributed by atoms with Crippen molar-refractivity contribution in [1.82, 2.24) is 25.8 Å². The van der Waals surface area contributed by atoms with Gasteiger partial charge in [0.15, 0.2) is 0 Å². The number of nitrogens with one attached hydrogen (secondary N) is 3. The molecule has 1 aromatic rings. The summed E-state index contributed by atoms with van der Waals surface area (Å²) in [4.78, 5) is 26.1. The molecule has 4 N–H and O–H groups in total. The number of carbonyl (C=O) groups is 2. The lowest BCUT2D eigenvalue weighted by molar-refractivity contribution is -0.139. The number of urea groups is 1. The summed E-state index contributed by atoms with van der Waals surface area (Å²) in [5.41, 5.74) is 0. The molecule has 0 bridgehead atoms. The largest absolute Gasteiger partial charge is 0.480 e. The molecule has 0 fully saturated rings. The lowest BCUT2D eigenvalue weighted by atomic mass is 10.2. The molecule has 0 radical (unpaired) electrons. The smallest absolute Gasteiger partial charge is 0.326 e. The minimum absolute atomic E-state index is 0.361. The fourth-order valence-electron chi connectivity index (χ4n) is 1.40. The molecule has 0 saturated carbocycles. The van der Waals surface area contributed by atoms with E-state index in [9.17, 15) is 9.59 Å². The van der Waals surface area contributed by atoms with E-state index in [1.165, 1.54) is 6.33 Å². The van der Waals surface area contributed by atoms with E-state index in [-0.39, 0.29) is 0 Å². The molecule has 1 rings (SSSR count). The first-order chi connectivity index (χ1) is 8.63. The number of aromatic nitrogens is 3. The Balaban J connectivity index is 2.25. The number of hydrogen-bond acceptors (Lipinski definition) is 4. The van der Waals surface area contributed by atoms with Crippen LogP contribution in [0.5, 0.6) is 0 Å². The molecule has 0 saturated heterocycles. The number of amides is 2. The van der Waals surface area contributed by atoms with Crippen LogP contribution in [-0.4, -0.2) is 44.9 Å². The number of hydrogen-bond donors (Lipinski definition) is 4. The van der Waals surface area contributed by atoms with Gasteiger partial charge in [-0.3, -0.25) is 5.10 Å². The molecule has 8 nitrogen and oxygen atoms in total. The van der Waals surface area contributed by atoms with Crippen molar-refractivity contribution in [3.05, 3.63) is 12.2 Å². The predicted octanol–water partition coefficient (Wildman–Crippen LogP) is -0.100. The van der Waals surface area contributed by atoms with Crippen molar-refractivity contribution in [3.63, 3.8) is 0 Å². The van der Waals surface area contributed by atoms with Crippen molar-refractivity contribution in [2.45, 2.75) is 32.2 Å². The van der Waals surface area contributed by atoms with Gasteiger partial charge < -0.3 is 15.7 Å². The fourth-order valence-corrected chi connectivity index (χ4v) is 1.40. The van der Waals surface area contributed by atoms with E-state index in [2.05, 4.69) is 25.8 Å². The predicted molar refractivity (Wildman–Crippen MR) is 63.0 cm³/mol. The topological polar surface area (TPSA) is 120 Å². The normalized spacial score (nSPS) is 11.8. The van der Waals surface area contributed by atoms with Crippen LogP contribution in [-0.2, 0) is 11.2 Å². The average Bonchev–Trinajstić information content (AvgIpc) is 2.81. The van der Waals surface area contributed by atoms with Gasteiger partial charge in [0.25, 0.3) is 0 Å². The number of rotatable bonds is 7. The zero-order valence-electron chi connectivity index (χ0n) is 10.1. The quantitative estimate of drug-likeness (QED) is 0.542. The molecule has 1 atom stereocenters. The molecule has 18 heavy (non-hydrogen) atoms. The average molecular weight is 255 g/mol. The molecule has 0 aromatic carbocycles. The second-order valence-corrected chi connectivity index (χ2v) is 3.76. The first-order valence-corrected chi connectivity index (χ1v) is 5.75. The maximum atomic E-state index is 11.4. The van der Waals surface area contributed by atoms with E-state index in [0.717, 1.165) is 0 Å². The molecule has 0 aliphatic heterocycles. The van der Waals surface area contributed by atoms with Gasteiger partial charge in [-0.25, -0.2) is 14.6 Å². The second-order valence-electron chi connectivity index (χ2n) is 3.76. The highest BCUT2D eigenvalue weighted by atomic mass is 16.4. The first-order valence-electron chi connectivity index (χ1n) is 5.75. The molecule has 1 heterocycles. The molecular weight excluding hydrogens is 238 g/mol. The van der Waals surface area contributed by atoms with E-state index in [1.807, 2.05) is 6.92 Å². The van der Waals surface area contributed by atoms with Crippen molar-refractivity contribution in [2.24, 2.45) is 0 Å². The Morgan fingerprint density at radius 3 is 2.89 bits per heavy atom. The lowest BCUT2D eigenvalue weighted by Gasteiger charge is -2.13. The van der Waals surface area contributed by atoms with Gasteiger partial charge in [0.1, 0.15) is 18.2 Å². The Kier molecular flexibility index (Phi) is 5.62. The minimum Gasteiger partial charge on any atom is -0.480 e. The molecule has 8 heteroatoms. The van der Waals surface area contributed by atoms with Gasteiger partial charge in [-0.15, -0.1) is 0 Å². The standard InChI is InChI=1S/C10H17N5O3/c1-2-3-7(9(16)17)14-10(18)11-5-4-8-12-6-13-15-8/h6-7H,2-5H2,1H3,(H,16,17)(H2,11,14,18)(H,12,13,15)/t7-/m1/s1. The Labute approximate surface area is 104 Å². The summed E-state index contributed by atoms with van der Waals surface area (Å²) in [5, 5.41) is 20.2. The van der Waals surface area contributed by atoms with Crippen LogP contribution in [0, 0.1) is 0 Å². The van der Waals surface area contributed by atoms with Crippen LogP contribution in [0.1, 0.15) is 25.6 Å². The Bertz CT molecular complexity index is 379. The summed E-state index contributed by atoms with van der Waals surface area (Å²) >= 11 is 0. The highest BCUT2D eigenvalue weighted by molar-refractivity contribution is 5.82. The summed E-state index contributed by atoms with van der Waals surface area (Å²) in [6.45, 7) is 2.22. The SMILES string of the molecule is CCC[C@@H](NC(=O)NCCc1ncn[nH]1)C(=O)O. The maximum Gasteiger partial charge on any atom is 0.326 e. The Morgan fingerprint density at radius 1 is 1.56 bits per heavy atom. The van der Waals surface area contributed by atoms with Gasteiger partial charge in [0.05, 0.1) is 0 Å². The van der Waals surface area contributed by atoms with Crippen LogP contribution in [0.3, 0.4) is 0 Å². The monoisotopic (exact) mass is 255 g/mol. The molecule has 0 aliphatic rings. The minimum atomic E-state index is -1.03. The van der Waals surface area contributed by atoms with Crippen molar-refractivity contribution < 1.29 is 14.7 Å². The van der Waals surface area contributed by atoms with Crippen LogP contribution >= 0.6 is 0 Å². The van der Waals surface area contributed by atoms with Crippen molar-refractivity contribution in [1.29, 1.82) is 0 Å². The first kappa shape index (κ1) is 13.9. The second kappa shape index (κ2) is 7.25. The molecule has 0 aliphatic carbocycles. The fraction of sp³-hybridized carbons (Fsp3) is 0.600. The van der Waals surface area contributed by atoms with Crippen molar-refractivity contribution in [2.75, 3.05) is 6.54 Å². The van der Waals surface area contributed by atoms with Gasteiger partial charge in [-0.05, 0) is 6.42 Å². The van der Waals surface area contributed by atoms with E-state index < -0.39 is 18.0 Å². The number of carbonyl (C=O) groups excluding carboxylic acids is 1. The number of aromatic amines is 1. The Morgan fingerprint density at radius 2 is 2.33 bits per heavy atom. The summed E-state index contributed by atoms with van der Waals surface area (Å²) in [5.74, 6) is -0.360. The number of nitrogens with zero attached hydrogens (tertiary/aromatic N) is 2. The van der Waals surface area contributed by atoms with Gasteiger partial charge in [-0.2, -0.15) is 5.10 Å². The summed E-state index contributed by atoms with van der Waals surface area (Å²) in [6, 6.07) is -1.34. The summed E-state index contributed by atoms with van der Waals surface area (Å²) < 4.78 is 0. The van der Waals surface area contributed by atoms with Crippen LogP contribution in [0.2, 0.25) is 0 Å². The van der Waals surface area contributed by atoms with Crippen LogP contribution in [0.25, 0.3) is 0 Å². The summed E-state index contributed by atoms with van der Waals surface area (Å²) in [7, 11) is 0. The number of aliphatic carboxylic acids is 1. The number of H-pyrrole nitrogens is 1. The summed E-state index contributed by atoms with van der Waals surface area (Å²) in [6.07, 6.45) is 3.00. The Hall–Kier alpha value is -2.12. The third-order valence-electron chi connectivity index (χ3n) is 2.29. The van der Waals surface area contributed by atoms with E-state index in [0.29, 0.717) is 31.6 Å². The van der Waals surface area contributed by atoms with Gasteiger partial charge in [-0.1, -0.05) is 13.3 Å². The van der Waals surface area contributed by atoms with E-state index in [1.54, 1.807) is 0 Å². The van der Waals surface area contributed by atoms with Gasteiger partial charge in [0.2, 0.25) is 0 Å². The number of carboxylic acid groups (broad SMARTS) is 1. The van der Waals surface area contributed by atoms with Crippen LogP contribution < -0.4 is 10.6 Å². The molecule has 2 amide bonds.